The molecule has 1 atom stereocenters. The summed E-state index contributed by atoms with van der Waals surface area (Å²) in [6.07, 6.45) is 0.113. The molecular weight excluding hydrogens is 326 g/mol. The molecule has 0 spiro atoms. The van der Waals surface area contributed by atoms with Crippen molar-refractivity contribution in [2.24, 2.45) is 0 Å². The minimum atomic E-state index is -0.863. The van der Waals surface area contributed by atoms with Crippen LogP contribution in [0, 0.1) is 0 Å². The van der Waals surface area contributed by atoms with Gasteiger partial charge in [0, 0.05) is 6.42 Å². The Balaban J connectivity index is 2.47. The van der Waals surface area contributed by atoms with Gasteiger partial charge in [-0.3, -0.25) is 4.79 Å². The van der Waals surface area contributed by atoms with Gasteiger partial charge in [0.15, 0.2) is 0 Å². The first-order chi connectivity index (χ1) is 12.1. The topological polar surface area (TPSA) is 90.9 Å². The van der Waals surface area contributed by atoms with E-state index in [1.54, 1.807) is 13.8 Å². The van der Waals surface area contributed by atoms with Gasteiger partial charge < -0.3 is 19.5 Å². The Morgan fingerprint density at radius 1 is 1.00 bits per heavy atom. The maximum absolute atomic E-state index is 11.9. The lowest BCUT2D eigenvalue weighted by atomic mass is 10.1. The standard InChI is InChI=1S/C18H25NO6/c1-3-23-16(20)12-8-11-15(17(21)24-4-2)19-18(22)25-13-14-9-6-5-7-10-14/h5-7,9-10,15H,3-4,8,11-13H2,1-2H3,(H,19,22)/t15-/m0/s1. The number of nitrogens with one attached hydrogen (secondary N) is 1. The second-order valence-corrected chi connectivity index (χ2v) is 5.21. The summed E-state index contributed by atoms with van der Waals surface area (Å²) in [6.45, 7) is 4.02. The zero-order chi connectivity index (χ0) is 18.5. The van der Waals surface area contributed by atoms with Gasteiger partial charge in [-0.25, -0.2) is 9.59 Å². The van der Waals surface area contributed by atoms with Crippen LogP contribution in [0.15, 0.2) is 30.3 Å². The van der Waals surface area contributed by atoms with Gasteiger partial charge in [-0.1, -0.05) is 30.3 Å². The van der Waals surface area contributed by atoms with Gasteiger partial charge in [-0.05, 0) is 32.3 Å². The van der Waals surface area contributed by atoms with E-state index < -0.39 is 18.1 Å². The smallest absolute Gasteiger partial charge is 0.408 e. The molecule has 25 heavy (non-hydrogen) atoms. The number of hydrogen-bond donors (Lipinski definition) is 1. The third-order valence-corrected chi connectivity index (χ3v) is 3.25. The van der Waals surface area contributed by atoms with Crippen molar-refractivity contribution in [1.82, 2.24) is 5.32 Å². The molecule has 1 aromatic rings. The maximum atomic E-state index is 11.9. The van der Waals surface area contributed by atoms with Crippen molar-refractivity contribution in [3.05, 3.63) is 35.9 Å². The SMILES string of the molecule is CCOC(=O)CCC[C@H](NC(=O)OCc1ccccc1)C(=O)OCC. The fourth-order valence-electron chi connectivity index (χ4n) is 2.08. The van der Waals surface area contributed by atoms with Crippen molar-refractivity contribution in [2.75, 3.05) is 13.2 Å². The van der Waals surface area contributed by atoms with Gasteiger partial charge >= 0.3 is 18.0 Å². The third-order valence-electron chi connectivity index (χ3n) is 3.25. The zero-order valence-electron chi connectivity index (χ0n) is 14.7. The van der Waals surface area contributed by atoms with Gasteiger partial charge in [0.25, 0.3) is 0 Å². The largest absolute Gasteiger partial charge is 0.466 e. The summed E-state index contributed by atoms with van der Waals surface area (Å²) in [5.74, 6) is -0.889. The Labute approximate surface area is 147 Å². The van der Waals surface area contributed by atoms with Crippen LogP contribution < -0.4 is 5.32 Å². The van der Waals surface area contributed by atoms with E-state index in [4.69, 9.17) is 14.2 Å². The predicted octanol–water partition coefficient (Wildman–Crippen LogP) is 2.58. The van der Waals surface area contributed by atoms with E-state index in [1.165, 1.54) is 0 Å². The van der Waals surface area contributed by atoms with E-state index in [-0.39, 0.29) is 32.0 Å². The molecule has 1 rings (SSSR count). The quantitative estimate of drug-likeness (QED) is 0.515. The molecule has 7 nitrogen and oxygen atoms in total. The molecule has 138 valence electrons. The molecule has 1 aromatic carbocycles. The second kappa shape index (κ2) is 11.9. The normalized spacial score (nSPS) is 11.3. The van der Waals surface area contributed by atoms with E-state index in [2.05, 4.69) is 5.32 Å². The summed E-state index contributed by atoms with van der Waals surface area (Å²) in [7, 11) is 0. The molecule has 0 unspecified atom stereocenters. The highest BCUT2D eigenvalue weighted by Gasteiger charge is 2.23. The van der Waals surface area contributed by atoms with E-state index in [1.807, 2.05) is 30.3 Å². The second-order valence-electron chi connectivity index (χ2n) is 5.21. The molecule has 7 heteroatoms. The summed E-state index contributed by atoms with van der Waals surface area (Å²) < 4.78 is 14.9. The zero-order valence-corrected chi connectivity index (χ0v) is 14.7. The van der Waals surface area contributed by atoms with Crippen molar-refractivity contribution >= 4 is 18.0 Å². The maximum Gasteiger partial charge on any atom is 0.408 e. The Kier molecular flexibility index (Phi) is 9.74. The van der Waals surface area contributed by atoms with Crippen LogP contribution in [0.4, 0.5) is 4.79 Å². The number of carbonyl (C=O) groups excluding carboxylic acids is 3. The first-order valence-electron chi connectivity index (χ1n) is 8.36. The molecule has 0 aliphatic carbocycles. The van der Waals surface area contributed by atoms with E-state index >= 15 is 0 Å². The van der Waals surface area contributed by atoms with Crippen LogP contribution in [0.25, 0.3) is 0 Å². The van der Waals surface area contributed by atoms with Crippen molar-refractivity contribution < 1.29 is 28.6 Å². The van der Waals surface area contributed by atoms with Crippen LogP contribution in [-0.2, 0) is 30.4 Å². The van der Waals surface area contributed by atoms with Crippen molar-refractivity contribution in [1.29, 1.82) is 0 Å². The average molecular weight is 351 g/mol. The number of benzene rings is 1. The first-order valence-corrected chi connectivity index (χ1v) is 8.36. The van der Waals surface area contributed by atoms with E-state index in [9.17, 15) is 14.4 Å². The fourth-order valence-corrected chi connectivity index (χ4v) is 2.08. The van der Waals surface area contributed by atoms with Crippen molar-refractivity contribution in [2.45, 2.75) is 45.8 Å². The van der Waals surface area contributed by atoms with Crippen molar-refractivity contribution in [3.8, 4) is 0 Å². The summed E-state index contributed by atoms with van der Waals surface area (Å²) >= 11 is 0. The van der Waals surface area contributed by atoms with Gasteiger partial charge in [0.1, 0.15) is 12.6 Å². The molecular formula is C18H25NO6. The molecule has 1 N–H and O–H groups in total. The van der Waals surface area contributed by atoms with Crippen molar-refractivity contribution in [3.63, 3.8) is 0 Å². The third kappa shape index (κ3) is 8.74. The minimum absolute atomic E-state index is 0.102. The first kappa shape index (κ1) is 20.5. The number of hydrogen-bond acceptors (Lipinski definition) is 6. The van der Waals surface area contributed by atoms with Crippen LogP contribution in [-0.4, -0.2) is 37.3 Å². The number of ether oxygens (including phenoxy) is 3. The number of esters is 2. The Morgan fingerprint density at radius 3 is 2.32 bits per heavy atom. The molecule has 0 aliphatic rings. The van der Waals surface area contributed by atoms with Crippen LogP contribution in [0.3, 0.4) is 0 Å². The average Bonchev–Trinajstić information content (AvgIpc) is 2.60. The lowest BCUT2D eigenvalue weighted by molar-refractivity contribution is -0.147. The molecule has 0 heterocycles. The van der Waals surface area contributed by atoms with Crippen LogP contribution in [0.1, 0.15) is 38.7 Å². The number of alkyl carbamates (subject to hydrolysis) is 1. The highest BCUT2D eigenvalue weighted by Crippen LogP contribution is 2.06. The monoisotopic (exact) mass is 351 g/mol. The molecule has 0 saturated carbocycles. The van der Waals surface area contributed by atoms with Gasteiger partial charge in [0.2, 0.25) is 0 Å². The highest BCUT2D eigenvalue weighted by atomic mass is 16.6. The summed E-state index contributed by atoms with van der Waals surface area (Å²) in [5, 5.41) is 2.49. The number of rotatable bonds is 10. The molecule has 0 saturated heterocycles. The lowest BCUT2D eigenvalue weighted by Crippen LogP contribution is -2.42. The fraction of sp³-hybridized carbons (Fsp3) is 0.500. The Bertz CT molecular complexity index is 546. The summed E-state index contributed by atoms with van der Waals surface area (Å²) in [4.78, 5) is 35.2. The Hall–Kier alpha value is -2.57. The number of carbonyl (C=O) groups is 3. The molecule has 0 bridgehead atoms. The molecule has 0 radical (unpaired) electrons. The molecule has 0 aromatic heterocycles. The summed E-state index contributed by atoms with van der Waals surface area (Å²) in [5.41, 5.74) is 0.840. The molecule has 0 fully saturated rings. The summed E-state index contributed by atoms with van der Waals surface area (Å²) in [6, 6.07) is 8.34. The van der Waals surface area contributed by atoms with Gasteiger partial charge in [-0.2, -0.15) is 0 Å². The number of amides is 1. The van der Waals surface area contributed by atoms with E-state index in [0.717, 1.165) is 5.56 Å². The van der Waals surface area contributed by atoms with Gasteiger partial charge in [-0.15, -0.1) is 0 Å². The van der Waals surface area contributed by atoms with E-state index in [0.29, 0.717) is 13.0 Å². The minimum Gasteiger partial charge on any atom is -0.466 e. The van der Waals surface area contributed by atoms with Crippen LogP contribution in [0.5, 0.6) is 0 Å². The lowest BCUT2D eigenvalue weighted by Gasteiger charge is -2.17. The highest BCUT2D eigenvalue weighted by molar-refractivity contribution is 5.81. The van der Waals surface area contributed by atoms with Gasteiger partial charge in [0.05, 0.1) is 13.2 Å². The predicted molar refractivity (Wildman–Crippen MR) is 90.7 cm³/mol. The van der Waals surface area contributed by atoms with Crippen LogP contribution >= 0.6 is 0 Å². The Morgan fingerprint density at radius 2 is 1.68 bits per heavy atom. The van der Waals surface area contributed by atoms with Crippen LogP contribution in [0.2, 0.25) is 0 Å². The molecule has 1 amide bonds. The molecule has 0 aliphatic heterocycles.